The van der Waals surface area contributed by atoms with Crippen LogP contribution in [0.5, 0.6) is 5.75 Å². The third-order valence-electron chi connectivity index (χ3n) is 1.33. The van der Waals surface area contributed by atoms with Crippen LogP contribution in [0.4, 0.5) is 17.6 Å². The molecule has 84 valence electrons. The van der Waals surface area contributed by atoms with Gasteiger partial charge in [-0.15, -0.1) is 13.2 Å². The largest absolute Gasteiger partial charge is 0.522 e. The number of aromatic nitrogens is 1. The molecule has 0 atom stereocenters. The molecule has 0 fully saturated rings. The van der Waals surface area contributed by atoms with E-state index in [0.29, 0.717) is 0 Å². The summed E-state index contributed by atoms with van der Waals surface area (Å²) in [6.45, 7) is -1.10. The molecule has 0 spiro atoms. The zero-order valence-corrected chi connectivity index (χ0v) is 7.42. The second kappa shape index (κ2) is 4.92. The summed E-state index contributed by atoms with van der Waals surface area (Å²) >= 11 is 0. The number of rotatable bonds is 4. The van der Waals surface area contributed by atoms with E-state index in [1.165, 1.54) is 18.3 Å². The Balaban J connectivity index is 2.30. The van der Waals surface area contributed by atoms with Gasteiger partial charge in [0.1, 0.15) is 6.61 Å². The molecule has 0 saturated carbocycles. The molecule has 15 heavy (non-hydrogen) atoms. The molecule has 1 aromatic heterocycles. The molecule has 7 heteroatoms. The van der Waals surface area contributed by atoms with Gasteiger partial charge in [0.25, 0.3) is 5.95 Å². The summed E-state index contributed by atoms with van der Waals surface area (Å²) < 4.78 is 55.3. The van der Waals surface area contributed by atoms with Gasteiger partial charge in [-0.1, -0.05) is 0 Å². The monoisotopic (exact) mass is 225 g/mol. The molecule has 0 saturated heterocycles. The lowest BCUT2D eigenvalue weighted by atomic mass is 10.4. The van der Waals surface area contributed by atoms with E-state index in [0.717, 1.165) is 0 Å². The quantitative estimate of drug-likeness (QED) is 0.447. The molecule has 3 nitrogen and oxygen atoms in total. The van der Waals surface area contributed by atoms with Crippen LogP contribution in [-0.4, -0.2) is 24.6 Å². The van der Waals surface area contributed by atoms with Crippen molar-refractivity contribution in [2.75, 3.05) is 13.2 Å². The predicted octanol–water partition coefficient (Wildman–Crippen LogP) is 2.14. The van der Waals surface area contributed by atoms with Crippen molar-refractivity contribution in [2.45, 2.75) is 6.36 Å². The van der Waals surface area contributed by atoms with Crippen LogP contribution in [-0.2, 0) is 4.74 Å². The Morgan fingerprint density at radius 3 is 2.60 bits per heavy atom. The summed E-state index contributed by atoms with van der Waals surface area (Å²) in [5, 5.41) is 0. The van der Waals surface area contributed by atoms with Crippen molar-refractivity contribution in [3.05, 3.63) is 24.3 Å². The van der Waals surface area contributed by atoms with Gasteiger partial charge in [-0.25, -0.2) is 4.98 Å². The van der Waals surface area contributed by atoms with Gasteiger partial charge in [0, 0.05) is 6.20 Å². The second-order valence-corrected chi connectivity index (χ2v) is 2.44. The van der Waals surface area contributed by atoms with E-state index in [4.69, 9.17) is 0 Å². The van der Waals surface area contributed by atoms with Gasteiger partial charge in [-0.05, 0) is 12.1 Å². The lowest BCUT2D eigenvalue weighted by Gasteiger charge is -2.08. The normalized spacial score (nSPS) is 11.5. The molecule has 0 N–H and O–H groups in total. The van der Waals surface area contributed by atoms with Gasteiger partial charge in [0.05, 0.1) is 6.61 Å². The minimum Gasteiger partial charge on any atom is -0.486 e. The van der Waals surface area contributed by atoms with Crippen LogP contribution in [0, 0.1) is 5.95 Å². The average molecular weight is 225 g/mol. The van der Waals surface area contributed by atoms with E-state index in [-0.39, 0.29) is 5.75 Å². The van der Waals surface area contributed by atoms with Gasteiger partial charge in [0.2, 0.25) is 0 Å². The first kappa shape index (κ1) is 11.7. The van der Waals surface area contributed by atoms with Crippen LogP contribution < -0.4 is 4.74 Å². The minimum atomic E-state index is -4.70. The summed E-state index contributed by atoms with van der Waals surface area (Å²) in [5.41, 5.74) is 0. The lowest BCUT2D eigenvalue weighted by molar-refractivity contribution is -0.325. The maximum atomic E-state index is 12.8. The number of halogens is 4. The molecule has 0 aliphatic heterocycles. The molecule has 0 aliphatic rings. The first-order valence-electron chi connectivity index (χ1n) is 3.93. The number of hydrogen-bond donors (Lipinski definition) is 0. The Kier molecular flexibility index (Phi) is 3.84. The molecule has 0 radical (unpaired) electrons. The standard InChI is InChI=1S/C8H7F4NO2/c9-7-6(2-1-3-13-7)14-4-5-15-8(10,11)12/h1-3H,4-5H2. The van der Waals surface area contributed by atoms with E-state index >= 15 is 0 Å². The predicted molar refractivity (Wildman–Crippen MR) is 41.7 cm³/mol. The Morgan fingerprint density at radius 2 is 2.00 bits per heavy atom. The third-order valence-corrected chi connectivity index (χ3v) is 1.33. The highest BCUT2D eigenvalue weighted by Gasteiger charge is 2.28. The fourth-order valence-corrected chi connectivity index (χ4v) is 0.788. The molecule has 1 heterocycles. The number of ether oxygens (including phenoxy) is 2. The van der Waals surface area contributed by atoms with Gasteiger partial charge in [0.15, 0.2) is 5.75 Å². The highest BCUT2D eigenvalue weighted by molar-refractivity contribution is 5.17. The maximum absolute atomic E-state index is 12.8. The fourth-order valence-electron chi connectivity index (χ4n) is 0.788. The van der Waals surface area contributed by atoms with Crippen molar-refractivity contribution in [3.8, 4) is 5.75 Å². The highest BCUT2D eigenvalue weighted by Crippen LogP contribution is 2.16. The van der Waals surface area contributed by atoms with Gasteiger partial charge in [-0.2, -0.15) is 4.39 Å². The van der Waals surface area contributed by atoms with Crippen molar-refractivity contribution >= 4 is 0 Å². The molecule has 0 unspecified atom stereocenters. The van der Waals surface area contributed by atoms with Crippen molar-refractivity contribution in [1.82, 2.24) is 4.98 Å². The first-order valence-corrected chi connectivity index (χ1v) is 3.93. The van der Waals surface area contributed by atoms with Crippen molar-refractivity contribution in [2.24, 2.45) is 0 Å². The smallest absolute Gasteiger partial charge is 0.486 e. The van der Waals surface area contributed by atoms with E-state index in [9.17, 15) is 17.6 Å². The summed E-state index contributed by atoms with van der Waals surface area (Å²) in [6, 6.07) is 2.67. The van der Waals surface area contributed by atoms with Crippen LogP contribution >= 0.6 is 0 Å². The number of pyridine rings is 1. The lowest BCUT2D eigenvalue weighted by Crippen LogP contribution is -2.18. The van der Waals surface area contributed by atoms with E-state index in [1.807, 2.05) is 0 Å². The van der Waals surface area contributed by atoms with E-state index < -0.39 is 25.5 Å². The molecule has 1 aromatic rings. The van der Waals surface area contributed by atoms with Crippen molar-refractivity contribution in [3.63, 3.8) is 0 Å². The summed E-state index contributed by atoms with van der Waals surface area (Å²) in [5.74, 6) is -1.08. The van der Waals surface area contributed by atoms with Gasteiger partial charge >= 0.3 is 6.36 Å². The molecule has 0 aromatic carbocycles. The van der Waals surface area contributed by atoms with Crippen LogP contribution in [0.15, 0.2) is 18.3 Å². The summed E-state index contributed by atoms with van der Waals surface area (Å²) in [6.07, 6.45) is -3.49. The first-order chi connectivity index (χ1) is 6.99. The van der Waals surface area contributed by atoms with Crippen LogP contribution in [0.3, 0.4) is 0 Å². The van der Waals surface area contributed by atoms with Gasteiger partial charge in [-0.3, -0.25) is 4.74 Å². The van der Waals surface area contributed by atoms with Gasteiger partial charge < -0.3 is 4.74 Å². The van der Waals surface area contributed by atoms with Crippen LogP contribution in [0.2, 0.25) is 0 Å². The Bertz CT molecular complexity index is 316. The molecular formula is C8H7F4NO2. The van der Waals surface area contributed by atoms with E-state index in [2.05, 4.69) is 14.5 Å². The number of nitrogens with zero attached hydrogens (tertiary/aromatic N) is 1. The van der Waals surface area contributed by atoms with Crippen LogP contribution in [0.1, 0.15) is 0 Å². The summed E-state index contributed by atoms with van der Waals surface area (Å²) in [7, 11) is 0. The zero-order chi connectivity index (χ0) is 11.3. The van der Waals surface area contributed by atoms with Crippen molar-refractivity contribution < 1.29 is 27.0 Å². The zero-order valence-electron chi connectivity index (χ0n) is 7.42. The minimum absolute atomic E-state index is 0.205. The van der Waals surface area contributed by atoms with E-state index in [1.54, 1.807) is 0 Å². The topological polar surface area (TPSA) is 31.4 Å². The Labute approximate surface area is 82.6 Å². The number of alkyl halides is 3. The SMILES string of the molecule is Fc1ncccc1OCCOC(F)(F)F. The molecule has 0 aliphatic carbocycles. The molecule has 0 amide bonds. The molecule has 0 bridgehead atoms. The van der Waals surface area contributed by atoms with Crippen molar-refractivity contribution in [1.29, 1.82) is 0 Å². The van der Waals surface area contributed by atoms with Crippen LogP contribution in [0.25, 0.3) is 0 Å². The third kappa shape index (κ3) is 4.59. The molecule has 1 rings (SSSR count). The Hall–Kier alpha value is -1.37. The fraction of sp³-hybridized carbons (Fsp3) is 0.375. The maximum Gasteiger partial charge on any atom is 0.522 e. The summed E-state index contributed by atoms with van der Waals surface area (Å²) in [4.78, 5) is 3.25. The highest BCUT2D eigenvalue weighted by atomic mass is 19.4. The molecular weight excluding hydrogens is 218 g/mol. The Morgan fingerprint density at radius 1 is 1.27 bits per heavy atom. The second-order valence-electron chi connectivity index (χ2n) is 2.44. The number of hydrogen-bond acceptors (Lipinski definition) is 3. The average Bonchev–Trinajstić information content (AvgIpc) is 2.13.